The first-order valence-corrected chi connectivity index (χ1v) is 6.24. The Balaban J connectivity index is 2.73. The quantitative estimate of drug-likeness (QED) is 0.831. The van der Waals surface area contributed by atoms with Crippen LogP contribution in [-0.2, 0) is 18.3 Å². The second-order valence-corrected chi connectivity index (χ2v) is 5.79. The Kier molecular flexibility index (Phi) is 4.51. The zero-order valence-corrected chi connectivity index (χ0v) is 11.9. The van der Waals surface area contributed by atoms with Crippen LogP contribution < -0.4 is 11.1 Å². The number of nitrogens with zero attached hydrogens (tertiary/aromatic N) is 2. The number of rotatable bonds is 4. The van der Waals surface area contributed by atoms with E-state index in [1.807, 2.05) is 40.9 Å². The van der Waals surface area contributed by atoms with E-state index in [1.54, 1.807) is 4.68 Å². The molecule has 1 aromatic rings. The molecule has 1 amide bonds. The highest BCUT2D eigenvalue weighted by atomic mass is 16.2. The maximum atomic E-state index is 12.1. The molecule has 1 atom stereocenters. The van der Waals surface area contributed by atoms with E-state index in [0.717, 1.165) is 11.3 Å². The summed E-state index contributed by atoms with van der Waals surface area (Å²) in [6.45, 7) is 8.19. The molecule has 0 aliphatic heterocycles. The monoisotopic (exact) mass is 252 g/mol. The van der Waals surface area contributed by atoms with E-state index in [4.69, 9.17) is 5.73 Å². The Hall–Kier alpha value is -1.36. The van der Waals surface area contributed by atoms with Gasteiger partial charge in [0, 0.05) is 25.3 Å². The lowest BCUT2D eigenvalue weighted by molar-refractivity contribution is -0.126. The third-order valence-electron chi connectivity index (χ3n) is 2.73. The zero-order chi connectivity index (χ0) is 13.9. The Morgan fingerprint density at radius 3 is 2.56 bits per heavy atom. The van der Waals surface area contributed by atoms with Gasteiger partial charge in [0.2, 0.25) is 5.91 Å². The fourth-order valence-corrected chi connectivity index (χ4v) is 1.87. The lowest BCUT2D eigenvalue weighted by Gasteiger charge is -2.24. The molecule has 0 aliphatic rings. The van der Waals surface area contributed by atoms with Gasteiger partial charge in [0.25, 0.3) is 0 Å². The molecule has 0 bridgehead atoms. The Morgan fingerprint density at radius 1 is 1.56 bits per heavy atom. The summed E-state index contributed by atoms with van der Waals surface area (Å²) in [5.41, 5.74) is 7.52. The summed E-state index contributed by atoms with van der Waals surface area (Å²) in [6.07, 6.45) is 2.58. The summed E-state index contributed by atoms with van der Waals surface area (Å²) in [7, 11) is 1.88. The average Bonchev–Trinajstić information content (AvgIpc) is 2.50. The van der Waals surface area contributed by atoms with Crippen LogP contribution in [0.5, 0.6) is 0 Å². The number of aryl methyl sites for hydroxylation is 2. The number of hydrogen-bond donors (Lipinski definition) is 2. The first-order chi connectivity index (χ1) is 8.23. The fourth-order valence-electron chi connectivity index (χ4n) is 1.87. The van der Waals surface area contributed by atoms with Gasteiger partial charge in [-0.15, -0.1) is 0 Å². The minimum atomic E-state index is -0.228. The van der Waals surface area contributed by atoms with Gasteiger partial charge in [0.05, 0.1) is 11.6 Å². The fraction of sp³-hybridized carbons (Fsp3) is 0.692. The molecule has 1 aromatic heterocycles. The lowest BCUT2D eigenvalue weighted by atomic mass is 9.97. The van der Waals surface area contributed by atoms with Crippen LogP contribution in [-0.4, -0.2) is 27.8 Å². The van der Waals surface area contributed by atoms with Crippen molar-refractivity contribution in [2.75, 3.05) is 6.54 Å². The summed E-state index contributed by atoms with van der Waals surface area (Å²) in [4.78, 5) is 12.1. The van der Waals surface area contributed by atoms with Gasteiger partial charge in [-0.05, 0) is 39.7 Å². The molecular weight excluding hydrogens is 228 g/mol. The molecule has 1 rings (SSSR count). The van der Waals surface area contributed by atoms with Crippen LogP contribution in [0.3, 0.4) is 0 Å². The number of nitrogens with one attached hydrogen (secondary N) is 1. The number of nitrogens with two attached hydrogens (primary N) is 1. The summed E-state index contributed by atoms with van der Waals surface area (Å²) < 4.78 is 1.76. The lowest BCUT2D eigenvalue weighted by Crippen LogP contribution is -2.46. The van der Waals surface area contributed by atoms with Crippen LogP contribution in [0.4, 0.5) is 0 Å². The van der Waals surface area contributed by atoms with Gasteiger partial charge in [-0.25, -0.2) is 0 Å². The Labute approximate surface area is 109 Å². The summed E-state index contributed by atoms with van der Waals surface area (Å²) in [5, 5.41) is 7.25. The van der Waals surface area contributed by atoms with Crippen molar-refractivity contribution in [1.82, 2.24) is 15.1 Å². The van der Waals surface area contributed by atoms with Crippen LogP contribution in [0, 0.1) is 12.8 Å². The third kappa shape index (κ3) is 4.14. The van der Waals surface area contributed by atoms with Crippen LogP contribution in [0.15, 0.2) is 6.20 Å². The second kappa shape index (κ2) is 5.52. The summed E-state index contributed by atoms with van der Waals surface area (Å²) >= 11 is 0. The number of amides is 1. The minimum Gasteiger partial charge on any atom is -0.351 e. The molecule has 5 heteroatoms. The summed E-state index contributed by atoms with van der Waals surface area (Å²) in [6, 6.07) is 0. The number of carbonyl (C=O) groups excluding carboxylic acids is 1. The van der Waals surface area contributed by atoms with Gasteiger partial charge in [-0.3, -0.25) is 9.48 Å². The highest BCUT2D eigenvalue weighted by Gasteiger charge is 2.23. The van der Waals surface area contributed by atoms with Crippen molar-refractivity contribution in [3.63, 3.8) is 0 Å². The van der Waals surface area contributed by atoms with E-state index in [2.05, 4.69) is 10.4 Å². The van der Waals surface area contributed by atoms with Crippen molar-refractivity contribution in [2.24, 2.45) is 18.7 Å². The van der Waals surface area contributed by atoms with Crippen molar-refractivity contribution < 1.29 is 4.79 Å². The molecule has 1 unspecified atom stereocenters. The number of hydrogen-bond acceptors (Lipinski definition) is 3. The van der Waals surface area contributed by atoms with Crippen molar-refractivity contribution in [1.29, 1.82) is 0 Å². The summed E-state index contributed by atoms with van der Waals surface area (Å²) in [5.74, 6) is -0.194. The molecule has 0 aromatic carbocycles. The Morgan fingerprint density at radius 2 is 2.17 bits per heavy atom. The molecular formula is C13H24N4O. The van der Waals surface area contributed by atoms with Crippen LogP contribution in [0.2, 0.25) is 0 Å². The van der Waals surface area contributed by atoms with Gasteiger partial charge in [-0.1, -0.05) is 0 Å². The van der Waals surface area contributed by atoms with Crippen molar-refractivity contribution in [3.8, 4) is 0 Å². The number of aromatic nitrogens is 2. The maximum absolute atomic E-state index is 12.1. The zero-order valence-electron chi connectivity index (χ0n) is 11.9. The smallest absolute Gasteiger partial charge is 0.225 e. The van der Waals surface area contributed by atoms with Crippen LogP contribution >= 0.6 is 0 Å². The van der Waals surface area contributed by atoms with E-state index in [9.17, 15) is 4.79 Å². The van der Waals surface area contributed by atoms with Crippen LogP contribution in [0.1, 0.15) is 32.0 Å². The van der Waals surface area contributed by atoms with Crippen molar-refractivity contribution in [2.45, 2.75) is 39.7 Å². The molecule has 0 spiro atoms. The molecule has 0 saturated carbocycles. The first-order valence-electron chi connectivity index (χ1n) is 6.24. The normalized spacial score (nSPS) is 13.4. The largest absolute Gasteiger partial charge is 0.351 e. The number of carbonyl (C=O) groups is 1. The van der Waals surface area contributed by atoms with Gasteiger partial charge in [0.15, 0.2) is 0 Å². The topological polar surface area (TPSA) is 72.9 Å². The van der Waals surface area contributed by atoms with Gasteiger partial charge in [0.1, 0.15) is 0 Å². The van der Waals surface area contributed by atoms with E-state index in [0.29, 0.717) is 13.0 Å². The highest BCUT2D eigenvalue weighted by molar-refractivity contribution is 5.79. The molecule has 0 fully saturated rings. The Bertz CT molecular complexity index is 417. The molecule has 0 saturated heterocycles. The van der Waals surface area contributed by atoms with Crippen LogP contribution in [0.25, 0.3) is 0 Å². The molecule has 0 radical (unpaired) electrons. The predicted octanol–water partition coefficient (Wildman–Crippen LogP) is 0.761. The van der Waals surface area contributed by atoms with E-state index < -0.39 is 0 Å². The average molecular weight is 252 g/mol. The molecule has 0 aliphatic carbocycles. The predicted molar refractivity (Wildman–Crippen MR) is 72.1 cm³/mol. The van der Waals surface area contributed by atoms with Gasteiger partial charge >= 0.3 is 0 Å². The molecule has 3 N–H and O–H groups in total. The maximum Gasteiger partial charge on any atom is 0.225 e. The second-order valence-electron chi connectivity index (χ2n) is 5.79. The molecule has 1 heterocycles. The molecule has 102 valence electrons. The van der Waals surface area contributed by atoms with E-state index in [1.165, 1.54) is 0 Å². The van der Waals surface area contributed by atoms with E-state index >= 15 is 0 Å². The third-order valence-corrected chi connectivity index (χ3v) is 2.73. The van der Waals surface area contributed by atoms with Crippen molar-refractivity contribution in [3.05, 3.63) is 17.5 Å². The van der Waals surface area contributed by atoms with Gasteiger partial charge < -0.3 is 11.1 Å². The van der Waals surface area contributed by atoms with Gasteiger partial charge in [-0.2, -0.15) is 5.10 Å². The van der Waals surface area contributed by atoms with Crippen molar-refractivity contribution >= 4 is 5.91 Å². The molecule has 18 heavy (non-hydrogen) atoms. The molecule has 5 nitrogen and oxygen atoms in total. The van der Waals surface area contributed by atoms with E-state index in [-0.39, 0.29) is 17.4 Å². The first kappa shape index (κ1) is 14.7. The SMILES string of the molecule is Cc1nn(C)cc1CC(CN)C(=O)NC(C)(C)C. The minimum absolute atomic E-state index is 0.00764. The highest BCUT2D eigenvalue weighted by Crippen LogP contribution is 2.13. The standard InChI is InChI=1S/C13H24N4O/c1-9-11(8-17(5)16-9)6-10(7-14)12(18)15-13(2,3)4/h8,10H,6-7,14H2,1-5H3,(H,15,18).